The number of halogens is 3. The molecule has 1 N–H and O–H groups in total. The number of nitrogens with zero attached hydrogens (tertiary/aromatic N) is 4. The van der Waals surface area contributed by atoms with Crippen molar-refractivity contribution in [3.8, 4) is 0 Å². The lowest BCUT2D eigenvalue weighted by Crippen LogP contribution is -2.16. The Hall–Kier alpha value is -2.19. The molecule has 1 aromatic carbocycles. The third-order valence-electron chi connectivity index (χ3n) is 3.80. The molecule has 0 spiro atoms. The molecule has 6 nitrogen and oxygen atoms in total. The quantitative estimate of drug-likeness (QED) is 0.630. The molecular formula is C17H16BrClFN5O. The molecule has 2 heterocycles. The van der Waals surface area contributed by atoms with Gasteiger partial charge in [-0.15, -0.1) is 0 Å². The fourth-order valence-corrected chi connectivity index (χ4v) is 2.93. The number of hydrogen-bond acceptors (Lipinski definition) is 3. The van der Waals surface area contributed by atoms with Gasteiger partial charge in [-0.1, -0.05) is 23.7 Å². The van der Waals surface area contributed by atoms with Crippen LogP contribution in [0, 0.1) is 12.7 Å². The van der Waals surface area contributed by atoms with E-state index < -0.39 is 0 Å². The predicted molar refractivity (Wildman–Crippen MR) is 101 cm³/mol. The molecule has 1 amide bonds. The van der Waals surface area contributed by atoms with E-state index in [1.807, 2.05) is 6.92 Å². The van der Waals surface area contributed by atoms with Crippen LogP contribution in [0.2, 0.25) is 5.02 Å². The summed E-state index contributed by atoms with van der Waals surface area (Å²) in [5.41, 5.74) is 1.71. The first-order valence-electron chi connectivity index (χ1n) is 7.87. The molecule has 136 valence electrons. The largest absolute Gasteiger partial charge is 0.308 e. The summed E-state index contributed by atoms with van der Waals surface area (Å²) in [5.74, 6) is -0.241. The number of amides is 1. The van der Waals surface area contributed by atoms with Gasteiger partial charge in [-0.25, -0.2) is 4.39 Å². The molecule has 0 radical (unpaired) electrons. The van der Waals surface area contributed by atoms with Crippen LogP contribution in [-0.4, -0.2) is 25.5 Å². The topological polar surface area (TPSA) is 64.7 Å². The van der Waals surface area contributed by atoms with Gasteiger partial charge in [0, 0.05) is 18.3 Å². The third-order valence-corrected chi connectivity index (χ3v) is 4.86. The van der Waals surface area contributed by atoms with Crippen LogP contribution in [-0.2, 0) is 17.9 Å². The number of nitrogens with one attached hydrogen (secondary N) is 1. The Morgan fingerprint density at radius 1 is 1.42 bits per heavy atom. The maximum atomic E-state index is 13.3. The minimum Gasteiger partial charge on any atom is -0.308 e. The van der Waals surface area contributed by atoms with Gasteiger partial charge in [-0.3, -0.25) is 14.2 Å². The number of carbonyl (C=O) groups is 1. The van der Waals surface area contributed by atoms with E-state index in [0.29, 0.717) is 18.1 Å². The summed E-state index contributed by atoms with van der Waals surface area (Å²) in [6.07, 6.45) is 3.52. The van der Waals surface area contributed by atoms with Crippen LogP contribution in [0.5, 0.6) is 0 Å². The van der Waals surface area contributed by atoms with Crippen molar-refractivity contribution in [3.63, 3.8) is 0 Å². The second-order valence-electron chi connectivity index (χ2n) is 5.75. The monoisotopic (exact) mass is 439 g/mol. The number of anilines is 1. The molecular weight excluding hydrogens is 425 g/mol. The Kier molecular flexibility index (Phi) is 5.73. The lowest BCUT2D eigenvalue weighted by Gasteiger charge is -2.05. The number of benzene rings is 1. The Morgan fingerprint density at radius 3 is 2.92 bits per heavy atom. The molecule has 0 fully saturated rings. The molecule has 0 saturated heterocycles. The number of hydrogen-bond donors (Lipinski definition) is 1. The fraction of sp³-hybridized carbons (Fsp3) is 0.235. The van der Waals surface area contributed by atoms with Gasteiger partial charge < -0.3 is 5.32 Å². The Balaban J connectivity index is 1.60. The molecule has 3 rings (SSSR count). The van der Waals surface area contributed by atoms with Crippen LogP contribution in [0.4, 0.5) is 10.2 Å². The van der Waals surface area contributed by atoms with Gasteiger partial charge in [0.1, 0.15) is 10.8 Å². The van der Waals surface area contributed by atoms with Gasteiger partial charge in [0.2, 0.25) is 5.91 Å². The highest BCUT2D eigenvalue weighted by molar-refractivity contribution is 9.10. The average Bonchev–Trinajstić information content (AvgIpc) is 3.09. The second kappa shape index (κ2) is 8.01. The summed E-state index contributed by atoms with van der Waals surface area (Å²) in [5, 5.41) is 11.5. The van der Waals surface area contributed by atoms with Crippen molar-refractivity contribution in [2.75, 3.05) is 5.32 Å². The first-order valence-corrected chi connectivity index (χ1v) is 9.04. The van der Waals surface area contributed by atoms with Gasteiger partial charge in [-0.2, -0.15) is 10.2 Å². The van der Waals surface area contributed by atoms with Gasteiger partial charge >= 0.3 is 0 Å². The first-order chi connectivity index (χ1) is 12.4. The van der Waals surface area contributed by atoms with Gasteiger partial charge in [0.25, 0.3) is 0 Å². The number of rotatable bonds is 6. The van der Waals surface area contributed by atoms with Crippen molar-refractivity contribution in [2.45, 2.75) is 26.4 Å². The molecule has 9 heteroatoms. The fourth-order valence-electron chi connectivity index (χ4n) is 2.44. The van der Waals surface area contributed by atoms with E-state index in [4.69, 9.17) is 11.6 Å². The number of aromatic nitrogens is 4. The summed E-state index contributed by atoms with van der Waals surface area (Å²) in [6, 6.07) is 6.24. The normalized spacial score (nSPS) is 10.9. The van der Waals surface area contributed by atoms with Crippen LogP contribution in [0.3, 0.4) is 0 Å². The zero-order valence-corrected chi connectivity index (χ0v) is 16.3. The standard InChI is InChI=1S/C17H16BrClFN5O/c1-11-14(18)8-21-25(11)6-5-16(26)22-17-15(19)10-24(23-17)9-12-3-2-4-13(20)7-12/h2-4,7-8,10H,5-6,9H2,1H3,(H,22,23,26). The second-order valence-corrected chi connectivity index (χ2v) is 7.01. The smallest absolute Gasteiger partial charge is 0.227 e. The van der Waals surface area contributed by atoms with E-state index in [0.717, 1.165) is 15.7 Å². The van der Waals surface area contributed by atoms with Crippen LogP contribution in [0.15, 0.2) is 41.1 Å². The van der Waals surface area contributed by atoms with Crippen molar-refractivity contribution in [2.24, 2.45) is 0 Å². The maximum absolute atomic E-state index is 13.3. The average molecular weight is 441 g/mol. The molecule has 0 bridgehead atoms. The third kappa shape index (κ3) is 4.50. The van der Waals surface area contributed by atoms with Crippen molar-refractivity contribution in [3.05, 3.63) is 63.2 Å². The summed E-state index contributed by atoms with van der Waals surface area (Å²) in [7, 11) is 0. The van der Waals surface area contributed by atoms with Crippen LogP contribution >= 0.6 is 27.5 Å². The summed E-state index contributed by atoms with van der Waals surface area (Å²) >= 11 is 9.52. The van der Waals surface area contributed by atoms with E-state index in [1.165, 1.54) is 12.1 Å². The molecule has 0 aliphatic rings. The lowest BCUT2D eigenvalue weighted by molar-refractivity contribution is -0.116. The highest BCUT2D eigenvalue weighted by Gasteiger charge is 2.12. The molecule has 0 aliphatic carbocycles. The highest BCUT2D eigenvalue weighted by atomic mass is 79.9. The van der Waals surface area contributed by atoms with E-state index in [-0.39, 0.29) is 24.0 Å². The number of aryl methyl sites for hydroxylation is 1. The lowest BCUT2D eigenvalue weighted by atomic mass is 10.2. The minimum atomic E-state index is -0.310. The van der Waals surface area contributed by atoms with Crippen LogP contribution in [0.1, 0.15) is 17.7 Å². The number of carbonyl (C=O) groups excluding carboxylic acids is 1. The summed E-state index contributed by atoms with van der Waals surface area (Å²) < 4.78 is 17.5. The Morgan fingerprint density at radius 2 is 2.23 bits per heavy atom. The molecule has 2 aromatic heterocycles. The van der Waals surface area contributed by atoms with E-state index in [1.54, 1.807) is 33.9 Å². The van der Waals surface area contributed by atoms with E-state index in [2.05, 4.69) is 31.4 Å². The van der Waals surface area contributed by atoms with E-state index in [9.17, 15) is 9.18 Å². The van der Waals surface area contributed by atoms with Gasteiger partial charge in [0.05, 0.1) is 23.8 Å². The predicted octanol–water partition coefficient (Wildman–Crippen LogP) is 4.02. The van der Waals surface area contributed by atoms with Crippen molar-refractivity contribution in [1.82, 2.24) is 19.6 Å². The van der Waals surface area contributed by atoms with Crippen molar-refractivity contribution >= 4 is 39.3 Å². The molecule has 3 aromatic rings. The molecule has 0 unspecified atom stereocenters. The Labute approximate surface area is 163 Å². The zero-order chi connectivity index (χ0) is 18.7. The highest BCUT2D eigenvalue weighted by Crippen LogP contribution is 2.21. The maximum Gasteiger partial charge on any atom is 0.227 e. The van der Waals surface area contributed by atoms with Crippen molar-refractivity contribution < 1.29 is 9.18 Å². The molecule has 0 saturated carbocycles. The summed E-state index contributed by atoms with van der Waals surface area (Å²) in [4.78, 5) is 12.1. The SMILES string of the molecule is Cc1c(Br)cnn1CCC(=O)Nc1nn(Cc2cccc(F)c2)cc1Cl. The Bertz CT molecular complexity index is 939. The van der Waals surface area contributed by atoms with Gasteiger partial charge in [-0.05, 0) is 40.5 Å². The van der Waals surface area contributed by atoms with Gasteiger partial charge in [0.15, 0.2) is 5.82 Å². The van der Waals surface area contributed by atoms with E-state index >= 15 is 0 Å². The minimum absolute atomic E-state index is 0.214. The van der Waals surface area contributed by atoms with Crippen LogP contribution in [0.25, 0.3) is 0 Å². The van der Waals surface area contributed by atoms with Crippen LogP contribution < -0.4 is 5.32 Å². The zero-order valence-electron chi connectivity index (χ0n) is 13.9. The molecule has 26 heavy (non-hydrogen) atoms. The van der Waals surface area contributed by atoms with Crippen molar-refractivity contribution in [1.29, 1.82) is 0 Å². The first kappa shape index (κ1) is 18.6. The summed E-state index contributed by atoms with van der Waals surface area (Å²) in [6.45, 7) is 2.72. The molecule has 0 aliphatic heterocycles. The molecule has 0 atom stereocenters.